The number of amides is 1. The molecule has 0 unspecified atom stereocenters. The minimum atomic E-state index is -3.78. The van der Waals surface area contributed by atoms with Gasteiger partial charge in [-0.2, -0.15) is 0 Å². The van der Waals surface area contributed by atoms with Crippen molar-refractivity contribution in [3.8, 4) is 0 Å². The molecule has 0 fully saturated rings. The molecule has 29 heavy (non-hydrogen) atoms. The van der Waals surface area contributed by atoms with Crippen molar-refractivity contribution in [3.05, 3.63) is 87.9 Å². The summed E-state index contributed by atoms with van der Waals surface area (Å²) in [5.41, 5.74) is 1.86. The number of anilines is 2. The van der Waals surface area contributed by atoms with Gasteiger partial charge >= 0.3 is 0 Å². The molecule has 3 rings (SSSR count). The summed E-state index contributed by atoms with van der Waals surface area (Å²) in [6.45, 7) is 1.86. The number of rotatable bonds is 5. The highest BCUT2D eigenvalue weighted by atomic mass is 35.5. The molecule has 0 aliphatic heterocycles. The number of aryl methyl sites for hydroxylation is 1. The molecule has 0 atom stereocenters. The molecule has 1 N–H and O–H groups in total. The van der Waals surface area contributed by atoms with Gasteiger partial charge in [0.1, 0.15) is 0 Å². The minimum absolute atomic E-state index is 0.149. The fourth-order valence-electron chi connectivity index (χ4n) is 2.64. The molecule has 0 radical (unpaired) electrons. The van der Waals surface area contributed by atoms with Gasteiger partial charge in [0.25, 0.3) is 15.9 Å². The van der Waals surface area contributed by atoms with Crippen LogP contribution in [0.3, 0.4) is 0 Å². The van der Waals surface area contributed by atoms with E-state index in [9.17, 15) is 13.2 Å². The molecule has 0 bridgehead atoms. The van der Waals surface area contributed by atoms with Crippen molar-refractivity contribution in [2.75, 3.05) is 16.7 Å². The Bertz CT molecular complexity index is 1170. The van der Waals surface area contributed by atoms with E-state index in [1.165, 1.54) is 31.3 Å². The van der Waals surface area contributed by atoms with Gasteiger partial charge in [-0.3, -0.25) is 9.10 Å². The highest BCUT2D eigenvalue weighted by Crippen LogP contribution is 2.28. The molecular formula is C21H18Cl2N2O3S. The molecule has 3 aromatic rings. The van der Waals surface area contributed by atoms with Crippen LogP contribution in [0.4, 0.5) is 11.4 Å². The summed E-state index contributed by atoms with van der Waals surface area (Å²) < 4.78 is 26.8. The van der Waals surface area contributed by atoms with E-state index >= 15 is 0 Å². The second-order valence-corrected chi connectivity index (χ2v) is 9.15. The first kappa shape index (κ1) is 21.2. The summed E-state index contributed by atoms with van der Waals surface area (Å²) in [6.07, 6.45) is 0. The Morgan fingerprint density at radius 2 is 1.62 bits per heavy atom. The molecule has 0 saturated heterocycles. The van der Waals surface area contributed by atoms with Gasteiger partial charge in [-0.1, -0.05) is 47.5 Å². The Kier molecular flexibility index (Phi) is 6.17. The molecule has 5 nitrogen and oxygen atoms in total. The summed E-state index contributed by atoms with van der Waals surface area (Å²) in [6, 6.07) is 17.7. The third kappa shape index (κ3) is 4.56. The smallest absolute Gasteiger partial charge is 0.264 e. The van der Waals surface area contributed by atoms with Crippen LogP contribution in [0.2, 0.25) is 10.0 Å². The van der Waals surface area contributed by atoms with Gasteiger partial charge in [-0.25, -0.2) is 8.42 Å². The van der Waals surface area contributed by atoms with E-state index < -0.39 is 15.9 Å². The Balaban J connectivity index is 1.91. The van der Waals surface area contributed by atoms with Crippen molar-refractivity contribution < 1.29 is 13.2 Å². The minimum Gasteiger partial charge on any atom is -0.322 e. The number of hydrogen-bond acceptors (Lipinski definition) is 3. The lowest BCUT2D eigenvalue weighted by Gasteiger charge is -2.20. The zero-order valence-corrected chi connectivity index (χ0v) is 18.0. The highest BCUT2D eigenvalue weighted by molar-refractivity contribution is 7.92. The SMILES string of the molecule is Cc1ccc(NC(=O)c2cc(N(C)S(=O)(=O)c3ccccc3)ccc2Cl)cc1Cl. The largest absolute Gasteiger partial charge is 0.322 e. The van der Waals surface area contributed by atoms with Gasteiger partial charge in [0.05, 0.1) is 21.2 Å². The standard InChI is InChI=1S/C21H18Cl2N2O3S/c1-14-8-9-15(12-20(14)23)24-21(26)18-13-16(10-11-19(18)22)25(2)29(27,28)17-6-4-3-5-7-17/h3-13H,1-2H3,(H,24,26). The Hall–Kier alpha value is -2.54. The first-order valence-electron chi connectivity index (χ1n) is 8.61. The van der Waals surface area contributed by atoms with E-state index in [1.54, 1.807) is 42.5 Å². The number of carbonyl (C=O) groups excluding carboxylic acids is 1. The first-order chi connectivity index (χ1) is 13.7. The van der Waals surface area contributed by atoms with Crippen molar-refractivity contribution in [2.45, 2.75) is 11.8 Å². The predicted octanol–water partition coefficient (Wildman–Crippen LogP) is 5.38. The lowest BCUT2D eigenvalue weighted by molar-refractivity contribution is 0.102. The van der Waals surface area contributed by atoms with Gasteiger partial charge in [0, 0.05) is 17.8 Å². The van der Waals surface area contributed by atoms with Crippen molar-refractivity contribution in [1.82, 2.24) is 0 Å². The van der Waals surface area contributed by atoms with Gasteiger partial charge < -0.3 is 5.32 Å². The maximum Gasteiger partial charge on any atom is 0.264 e. The van der Waals surface area contributed by atoms with Crippen LogP contribution in [0, 0.1) is 6.92 Å². The molecule has 0 heterocycles. The van der Waals surface area contributed by atoms with Crippen LogP contribution in [0.5, 0.6) is 0 Å². The summed E-state index contributed by atoms with van der Waals surface area (Å²) in [5.74, 6) is -0.470. The van der Waals surface area contributed by atoms with E-state index in [2.05, 4.69) is 5.32 Å². The molecule has 3 aromatic carbocycles. The van der Waals surface area contributed by atoms with E-state index in [-0.39, 0.29) is 15.5 Å². The summed E-state index contributed by atoms with van der Waals surface area (Å²) >= 11 is 12.3. The Labute approximate surface area is 179 Å². The maximum atomic E-state index is 12.8. The molecule has 0 aliphatic carbocycles. The fourth-order valence-corrected chi connectivity index (χ4v) is 4.23. The third-order valence-corrected chi connectivity index (χ3v) is 6.93. The molecule has 1 amide bonds. The van der Waals surface area contributed by atoms with Crippen LogP contribution in [0.25, 0.3) is 0 Å². The lowest BCUT2D eigenvalue weighted by atomic mass is 10.1. The van der Waals surface area contributed by atoms with Crippen molar-refractivity contribution in [1.29, 1.82) is 0 Å². The number of carbonyl (C=O) groups is 1. The van der Waals surface area contributed by atoms with Crippen molar-refractivity contribution in [3.63, 3.8) is 0 Å². The van der Waals surface area contributed by atoms with E-state index in [4.69, 9.17) is 23.2 Å². The second-order valence-electron chi connectivity index (χ2n) is 6.37. The van der Waals surface area contributed by atoms with Gasteiger partial charge in [0.2, 0.25) is 0 Å². The Morgan fingerprint density at radius 3 is 2.28 bits per heavy atom. The molecule has 8 heteroatoms. The molecule has 0 spiro atoms. The van der Waals surface area contributed by atoms with Crippen LogP contribution in [0.1, 0.15) is 15.9 Å². The van der Waals surface area contributed by atoms with Crippen LogP contribution in [-0.2, 0) is 10.0 Å². The van der Waals surface area contributed by atoms with Gasteiger partial charge in [-0.05, 0) is 55.0 Å². The topological polar surface area (TPSA) is 66.5 Å². The summed E-state index contributed by atoms with van der Waals surface area (Å²) in [4.78, 5) is 12.9. The van der Waals surface area contributed by atoms with Crippen LogP contribution >= 0.6 is 23.2 Å². The highest BCUT2D eigenvalue weighted by Gasteiger charge is 2.22. The number of nitrogens with one attached hydrogen (secondary N) is 1. The maximum absolute atomic E-state index is 12.8. The number of hydrogen-bond donors (Lipinski definition) is 1. The molecule has 0 aliphatic rings. The lowest BCUT2D eigenvalue weighted by Crippen LogP contribution is -2.27. The summed E-state index contributed by atoms with van der Waals surface area (Å²) in [5, 5.41) is 3.46. The number of nitrogens with zero attached hydrogens (tertiary/aromatic N) is 1. The molecule has 150 valence electrons. The predicted molar refractivity (Wildman–Crippen MR) is 118 cm³/mol. The monoisotopic (exact) mass is 448 g/mol. The number of benzene rings is 3. The second kappa shape index (κ2) is 8.45. The molecular weight excluding hydrogens is 431 g/mol. The third-order valence-electron chi connectivity index (χ3n) is 4.39. The van der Waals surface area contributed by atoms with Crippen LogP contribution < -0.4 is 9.62 Å². The van der Waals surface area contributed by atoms with Crippen LogP contribution in [-0.4, -0.2) is 21.4 Å². The zero-order chi connectivity index (χ0) is 21.2. The first-order valence-corrected chi connectivity index (χ1v) is 10.8. The van der Waals surface area contributed by atoms with Gasteiger partial charge in [0.15, 0.2) is 0 Å². The number of sulfonamides is 1. The van der Waals surface area contributed by atoms with E-state index in [1.807, 2.05) is 6.92 Å². The Morgan fingerprint density at radius 1 is 0.931 bits per heavy atom. The van der Waals surface area contributed by atoms with Crippen LogP contribution in [0.15, 0.2) is 71.6 Å². The van der Waals surface area contributed by atoms with Gasteiger partial charge in [-0.15, -0.1) is 0 Å². The average molecular weight is 449 g/mol. The average Bonchev–Trinajstić information content (AvgIpc) is 2.71. The molecule has 0 saturated carbocycles. The van der Waals surface area contributed by atoms with Crippen molar-refractivity contribution >= 4 is 50.5 Å². The van der Waals surface area contributed by atoms with E-state index in [0.29, 0.717) is 16.4 Å². The summed E-state index contributed by atoms with van der Waals surface area (Å²) in [7, 11) is -2.35. The van der Waals surface area contributed by atoms with Crippen molar-refractivity contribution in [2.24, 2.45) is 0 Å². The normalized spacial score (nSPS) is 11.2. The fraction of sp³-hybridized carbons (Fsp3) is 0.0952. The molecule has 0 aromatic heterocycles. The zero-order valence-electron chi connectivity index (χ0n) is 15.7. The quantitative estimate of drug-likeness (QED) is 0.569. The number of halogens is 2. The van der Waals surface area contributed by atoms with E-state index in [0.717, 1.165) is 9.87 Å².